The first-order chi connectivity index (χ1) is 12.0. The Labute approximate surface area is 172 Å². The van der Waals surface area contributed by atoms with Crippen molar-refractivity contribution in [2.75, 3.05) is 17.3 Å². The molecular weight excluding hydrogens is 490 g/mol. The van der Waals surface area contributed by atoms with Gasteiger partial charge >= 0.3 is 0 Å². The highest BCUT2D eigenvalue weighted by molar-refractivity contribution is 9.11. The number of thioether (sulfide) groups is 1. The molecule has 0 aromatic heterocycles. The first kappa shape index (κ1) is 18.7. The molecule has 3 nitrogen and oxygen atoms in total. The fraction of sp³-hybridized carbons (Fsp3) is 0.167. The van der Waals surface area contributed by atoms with Crippen LogP contribution in [0.1, 0.15) is 10.9 Å². The van der Waals surface area contributed by atoms with Gasteiger partial charge in [0, 0.05) is 10.7 Å². The van der Waals surface area contributed by atoms with E-state index in [9.17, 15) is 4.79 Å². The zero-order chi connectivity index (χ0) is 18.0. The van der Waals surface area contributed by atoms with Gasteiger partial charge in [0.05, 0.1) is 14.7 Å². The van der Waals surface area contributed by atoms with E-state index < -0.39 is 0 Å². The number of hydrogen-bond donors (Lipinski definition) is 0. The molecule has 2 aromatic carbocycles. The Kier molecular flexibility index (Phi) is 6.00. The van der Waals surface area contributed by atoms with E-state index in [-0.39, 0.29) is 17.9 Å². The summed E-state index contributed by atoms with van der Waals surface area (Å²) in [5.74, 6) is 3.59. The van der Waals surface area contributed by atoms with Crippen LogP contribution in [0.5, 0.6) is 5.75 Å². The minimum atomic E-state index is -0.122. The average molecular weight is 502 g/mol. The molecular formula is C18H12Br2ClNO2S. The second-order valence-corrected chi connectivity index (χ2v) is 8.42. The van der Waals surface area contributed by atoms with E-state index in [0.717, 1.165) is 20.2 Å². The number of benzene rings is 2. The number of carbonyl (C=O) groups excluding carboxylic acids is 1. The molecule has 1 aliphatic rings. The molecule has 0 saturated carbocycles. The third-order valence-electron chi connectivity index (χ3n) is 3.58. The van der Waals surface area contributed by atoms with E-state index in [2.05, 4.69) is 37.8 Å². The highest BCUT2D eigenvalue weighted by atomic mass is 79.9. The molecule has 128 valence electrons. The minimum absolute atomic E-state index is 0.0669. The molecule has 1 saturated heterocycles. The van der Waals surface area contributed by atoms with Crippen LogP contribution in [0.4, 0.5) is 5.69 Å². The number of terminal acetylenes is 1. The third kappa shape index (κ3) is 4.01. The van der Waals surface area contributed by atoms with Gasteiger partial charge in [-0.2, -0.15) is 0 Å². The SMILES string of the molecule is C#CCOc1c(Br)cc([C@@H]2SCC(=O)N2c2ccc(Cl)cc2)cc1Br. The van der Waals surface area contributed by atoms with Gasteiger partial charge in [0.2, 0.25) is 5.91 Å². The molecule has 0 bridgehead atoms. The molecule has 1 fully saturated rings. The summed E-state index contributed by atoms with van der Waals surface area (Å²) in [6, 6.07) is 11.2. The van der Waals surface area contributed by atoms with Crippen molar-refractivity contribution in [1.82, 2.24) is 0 Å². The molecule has 1 heterocycles. The number of hydrogen-bond acceptors (Lipinski definition) is 3. The molecule has 25 heavy (non-hydrogen) atoms. The maximum Gasteiger partial charge on any atom is 0.238 e. The van der Waals surface area contributed by atoms with Gasteiger partial charge in [0.25, 0.3) is 0 Å². The molecule has 0 radical (unpaired) electrons. The summed E-state index contributed by atoms with van der Waals surface area (Å²) < 4.78 is 7.11. The van der Waals surface area contributed by atoms with E-state index >= 15 is 0 Å². The van der Waals surface area contributed by atoms with Gasteiger partial charge in [0.15, 0.2) is 0 Å². The Bertz CT molecular complexity index is 828. The fourth-order valence-corrected chi connectivity index (χ4v) is 5.26. The van der Waals surface area contributed by atoms with Gasteiger partial charge in [-0.25, -0.2) is 0 Å². The number of anilines is 1. The van der Waals surface area contributed by atoms with Gasteiger partial charge < -0.3 is 4.74 Å². The lowest BCUT2D eigenvalue weighted by Crippen LogP contribution is -2.27. The van der Waals surface area contributed by atoms with Gasteiger partial charge in [-0.1, -0.05) is 17.5 Å². The van der Waals surface area contributed by atoms with Crippen LogP contribution >= 0.6 is 55.2 Å². The van der Waals surface area contributed by atoms with Crippen LogP contribution in [0.15, 0.2) is 45.3 Å². The van der Waals surface area contributed by atoms with Crippen molar-refractivity contribution >= 4 is 66.8 Å². The van der Waals surface area contributed by atoms with Gasteiger partial charge in [0.1, 0.15) is 17.7 Å². The molecule has 0 N–H and O–H groups in total. The van der Waals surface area contributed by atoms with Gasteiger partial charge in [-0.05, 0) is 73.8 Å². The molecule has 1 amide bonds. The standard InChI is InChI=1S/C18H12Br2ClNO2S/c1-2-7-24-17-14(19)8-11(9-15(17)20)18-22(16(23)10-25-18)13-5-3-12(21)4-6-13/h1,3-6,8-9,18H,7,10H2/t18-/m0/s1. The Morgan fingerprint density at radius 1 is 1.28 bits per heavy atom. The average Bonchev–Trinajstić information content (AvgIpc) is 2.96. The number of amides is 1. The molecule has 0 spiro atoms. The van der Waals surface area contributed by atoms with Gasteiger partial charge in [-0.3, -0.25) is 9.69 Å². The van der Waals surface area contributed by atoms with Crippen LogP contribution in [0.2, 0.25) is 5.02 Å². The second kappa shape index (κ2) is 8.05. The van der Waals surface area contributed by atoms with Crippen molar-refractivity contribution < 1.29 is 9.53 Å². The molecule has 7 heteroatoms. The van der Waals surface area contributed by atoms with Crippen molar-refractivity contribution in [3.8, 4) is 18.1 Å². The van der Waals surface area contributed by atoms with E-state index in [1.807, 2.05) is 24.3 Å². The van der Waals surface area contributed by atoms with Crippen LogP contribution in [0.3, 0.4) is 0 Å². The summed E-state index contributed by atoms with van der Waals surface area (Å²) in [6.45, 7) is 0.185. The van der Waals surface area contributed by atoms with Crippen LogP contribution < -0.4 is 9.64 Å². The number of ether oxygens (including phenoxy) is 1. The Balaban J connectivity index is 1.96. The predicted octanol–water partition coefficient (Wildman–Crippen LogP) is 5.66. The van der Waals surface area contributed by atoms with Crippen molar-refractivity contribution in [3.05, 3.63) is 55.9 Å². The summed E-state index contributed by atoms with van der Waals surface area (Å²) in [6.07, 6.45) is 5.25. The topological polar surface area (TPSA) is 29.5 Å². The Morgan fingerprint density at radius 2 is 1.92 bits per heavy atom. The Morgan fingerprint density at radius 3 is 2.52 bits per heavy atom. The largest absolute Gasteiger partial charge is 0.479 e. The first-order valence-electron chi connectivity index (χ1n) is 7.25. The normalized spacial score (nSPS) is 16.8. The Hall–Kier alpha value is -1.13. The maximum atomic E-state index is 12.4. The second-order valence-electron chi connectivity index (χ2n) is 5.21. The summed E-state index contributed by atoms with van der Waals surface area (Å²) in [4.78, 5) is 14.2. The van der Waals surface area contributed by atoms with E-state index in [1.165, 1.54) is 0 Å². The van der Waals surface area contributed by atoms with Crippen molar-refractivity contribution in [3.63, 3.8) is 0 Å². The van der Waals surface area contributed by atoms with Crippen LogP contribution in [-0.4, -0.2) is 18.3 Å². The van der Waals surface area contributed by atoms with Crippen LogP contribution in [-0.2, 0) is 4.79 Å². The van der Waals surface area contributed by atoms with Crippen LogP contribution in [0, 0.1) is 12.3 Å². The van der Waals surface area contributed by atoms with Crippen molar-refractivity contribution in [2.45, 2.75) is 5.37 Å². The smallest absolute Gasteiger partial charge is 0.238 e. The third-order valence-corrected chi connectivity index (χ3v) is 6.22. The lowest BCUT2D eigenvalue weighted by atomic mass is 10.1. The zero-order valence-corrected chi connectivity index (χ0v) is 17.6. The molecule has 1 aliphatic heterocycles. The van der Waals surface area contributed by atoms with Crippen molar-refractivity contribution in [2.24, 2.45) is 0 Å². The van der Waals surface area contributed by atoms with Crippen molar-refractivity contribution in [1.29, 1.82) is 0 Å². The zero-order valence-electron chi connectivity index (χ0n) is 12.8. The first-order valence-corrected chi connectivity index (χ1v) is 10.3. The van der Waals surface area contributed by atoms with Crippen LogP contribution in [0.25, 0.3) is 0 Å². The van der Waals surface area contributed by atoms with E-state index in [0.29, 0.717) is 16.5 Å². The number of rotatable bonds is 4. The number of halogens is 3. The summed E-state index contributed by atoms with van der Waals surface area (Å²) in [5.41, 5.74) is 1.81. The highest BCUT2D eigenvalue weighted by Crippen LogP contribution is 2.45. The number of nitrogens with zero attached hydrogens (tertiary/aromatic N) is 1. The lowest BCUT2D eigenvalue weighted by molar-refractivity contribution is -0.115. The van der Waals surface area contributed by atoms with E-state index in [1.54, 1.807) is 28.8 Å². The minimum Gasteiger partial charge on any atom is -0.479 e. The number of carbonyl (C=O) groups is 1. The summed E-state index contributed by atoms with van der Waals surface area (Å²) in [7, 11) is 0. The molecule has 1 atom stereocenters. The molecule has 2 aromatic rings. The predicted molar refractivity (Wildman–Crippen MR) is 110 cm³/mol. The fourth-order valence-electron chi connectivity index (χ4n) is 2.53. The monoisotopic (exact) mass is 499 g/mol. The van der Waals surface area contributed by atoms with E-state index in [4.69, 9.17) is 22.8 Å². The molecule has 0 aliphatic carbocycles. The lowest BCUT2D eigenvalue weighted by Gasteiger charge is -2.25. The summed E-state index contributed by atoms with van der Waals surface area (Å²) in [5, 5.41) is 0.517. The molecule has 0 unspecified atom stereocenters. The maximum absolute atomic E-state index is 12.4. The summed E-state index contributed by atoms with van der Waals surface area (Å²) >= 11 is 14.6. The van der Waals surface area contributed by atoms with Gasteiger partial charge in [-0.15, -0.1) is 18.2 Å². The highest BCUT2D eigenvalue weighted by Gasteiger charge is 2.34. The quantitative estimate of drug-likeness (QED) is 0.507. The molecule has 3 rings (SSSR count).